The fourth-order valence-electron chi connectivity index (χ4n) is 2.77. The van der Waals surface area contributed by atoms with Crippen molar-refractivity contribution in [2.24, 2.45) is 7.05 Å². The van der Waals surface area contributed by atoms with Crippen LogP contribution >= 0.6 is 0 Å². The summed E-state index contributed by atoms with van der Waals surface area (Å²) < 4.78 is 1.65. The molecule has 1 aliphatic heterocycles. The van der Waals surface area contributed by atoms with Crippen molar-refractivity contribution in [2.75, 3.05) is 30.4 Å². The molecule has 2 heterocycles. The van der Waals surface area contributed by atoms with Crippen molar-refractivity contribution in [1.82, 2.24) is 15.1 Å². The number of amides is 2. The SMILES string of the molecule is CN(C)c1ccc(C(=O)N[C@@H]2CCN(c3cnn(C)c3)C2=O)cc1. The van der Waals surface area contributed by atoms with Crippen LogP contribution in [0.3, 0.4) is 0 Å². The van der Waals surface area contributed by atoms with Crippen LogP contribution in [0.5, 0.6) is 0 Å². The Morgan fingerprint density at radius 3 is 2.58 bits per heavy atom. The van der Waals surface area contributed by atoms with Crippen LogP contribution in [0.25, 0.3) is 0 Å². The number of rotatable bonds is 4. The zero-order chi connectivity index (χ0) is 17.3. The van der Waals surface area contributed by atoms with Gasteiger partial charge in [0.1, 0.15) is 6.04 Å². The summed E-state index contributed by atoms with van der Waals surface area (Å²) in [6, 6.07) is 6.80. The molecular formula is C17H21N5O2. The van der Waals surface area contributed by atoms with Crippen LogP contribution in [0.15, 0.2) is 36.7 Å². The molecule has 1 N–H and O–H groups in total. The minimum atomic E-state index is -0.494. The normalized spacial score (nSPS) is 17.2. The van der Waals surface area contributed by atoms with Gasteiger partial charge in [0.25, 0.3) is 5.91 Å². The number of nitrogens with one attached hydrogen (secondary N) is 1. The molecule has 3 rings (SSSR count). The molecule has 2 aromatic rings. The number of aromatic nitrogens is 2. The van der Waals surface area contributed by atoms with Gasteiger partial charge in [0.15, 0.2) is 0 Å². The second kappa shape index (κ2) is 6.35. The van der Waals surface area contributed by atoms with E-state index in [0.29, 0.717) is 18.5 Å². The van der Waals surface area contributed by atoms with Gasteiger partial charge < -0.3 is 15.1 Å². The van der Waals surface area contributed by atoms with Crippen molar-refractivity contribution in [1.29, 1.82) is 0 Å². The van der Waals surface area contributed by atoms with Crippen molar-refractivity contribution in [3.63, 3.8) is 0 Å². The third-order valence-electron chi connectivity index (χ3n) is 4.16. The number of benzene rings is 1. The van der Waals surface area contributed by atoms with Crippen LogP contribution < -0.4 is 15.1 Å². The quantitative estimate of drug-likeness (QED) is 0.910. The molecule has 1 aliphatic rings. The highest BCUT2D eigenvalue weighted by atomic mass is 16.2. The van der Waals surface area contributed by atoms with Gasteiger partial charge in [-0.25, -0.2) is 0 Å². The van der Waals surface area contributed by atoms with Crippen molar-refractivity contribution in [3.8, 4) is 0 Å². The summed E-state index contributed by atoms with van der Waals surface area (Å²) in [4.78, 5) is 28.5. The fraction of sp³-hybridized carbons (Fsp3) is 0.353. The topological polar surface area (TPSA) is 70.5 Å². The molecule has 7 heteroatoms. The van der Waals surface area contributed by atoms with Crippen molar-refractivity contribution < 1.29 is 9.59 Å². The Hall–Kier alpha value is -2.83. The lowest BCUT2D eigenvalue weighted by Crippen LogP contribution is -2.41. The molecule has 1 fully saturated rings. The third-order valence-corrected chi connectivity index (χ3v) is 4.16. The maximum Gasteiger partial charge on any atom is 0.251 e. The monoisotopic (exact) mass is 327 g/mol. The highest BCUT2D eigenvalue weighted by molar-refractivity contribution is 6.03. The summed E-state index contributed by atoms with van der Waals surface area (Å²) in [6.45, 7) is 0.578. The first-order valence-electron chi connectivity index (χ1n) is 7.84. The van der Waals surface area contributed by atoms with Gasteiger partial charge >= 0.3 is 0 Å². The molecule has 0 bridgehead atoms. The number of hydrogen-bond donors (Lipinski definition) is 1. The molecule has 1 atom stereocenters. The zero-order valence-corrected chi connectivity index (χ0v) is 14.1. The molecule has 0 spiro atoms. The average Bonchev–Trinajstić information content (AvgIpc) is 3.14. The van der Waals surface area contributed by atoms with E-state index < -0.39 is 6.04 Å². The second-order valence-corrected chi connectivity index (χ2v) is 6.12. The number of anilines is 2. The predicted molar refractivity (Wildman–Crippen MR) is 92.2 cm³/mol. The summed E-state index contributed by atoms with van der Waals surface area (Å²) in [7, 11) is 5.69. The van der Waals surface area contributed by atoms with E-state index in [0.717, 1.165) is 11.4 Å². The minimum absolute atomic E-state index is 0.0961. The Balaban J connectivity index is 1.65. The van der Waals surface area contributed by atoms with Crippen LogP contribution in [-0.2, 0) is 11.8 Å². The third kappa shape index (κ3) is 3.10. The lowest BCUT2D eigenvalue weighted by atomic mass is 10.1. The largest absolute Gasteiger partial charge is 0.378 e. The van der Waals surface area contributed by atoms with E-state index >= 15 is 0 Å². The van der Waals surface area contributed by atoms with Crippen molar-refractivity contribution in [2.45, 2.75) is 12.5 Å². The molecule has 7 nitrogen and oxygen atoms in total. The van der Waals surface area contributed by atoms with Crippen LogP contribution in [0, 0.1) is 0 Å². The molecule has 126 valence electrons. The number of carbonyl (C=O) groups excluding carboxylic acids is 2. The number of hydrogen-bond acceptors (Lipinski definition) is 4. The van der Waals surface area contributed by atoms with E-state index in [4.69, 9.17) is 0 Å². The Bertz CT molecular complexity index is 751. The predicted octanol–water partition coefficient (Wildman–Crippen LogP) is 1.02. The molecule has 0 radical (unpaired) electrons. The summed E-state index contributed by atoms with van der Waals surface area (Å²) >= 11 is 0. The zero-order valence-electron chi connectivity index (χ0n) is 14.1. The van der Waals surface area contributed by atoms with Gasteiger partial charge in [-0.2, -0.15) is 5.10 Å². The van der Waals surface area contributed by atoms with Crippen LogP contribution in [0.2, 0.25) is 0 Å². The Kier molecular flexibility index (Phi) is 4.24. The Morgan fingerprint density at radius 2 is 2.00 bits per heavy atom. The summed E-state index contributed by atoms with van der Waals surface area (Å²) in [5.74, 6) is -0.326. The highest BCUT2D eigenvalue weighted by Gasteiger charge is 2.34. The first-order chi connectivity index (χ1) is 11.5. The van der Waals surface area contributed by atoms with E-state index in [-0.39, 0.29) is 11.8 Å². The van der Waals surface area contributed by atoms with E-state index in [2.05, 4.69) is 10.4 Å². The van der Waals surface area contributed by atoms with Crippen LogP contribution in [0.4, 0.5) is 11.4 Å². The number of carbonyl (C=O) groups is 2. The standard InChI is InChI=1S/C17H21N5O2/c1-20(2)13-6-4-12(5-7-13)16(23)19-15-8-9-22(17(15)24)14-10-18-21(3)11-14/h4-7,10-11,15H,8-9H2,1-3H3,(H,19,23)/t15-/m1/s1. The van der Waals surface area contributed by atoms with Gasteiger partial charge in [-0.05, 0) is 30.7 Å². The maximum absolute atomic E-state index is 12.5. The van der Waals surface area contributed by atoms with Crippen molar-refractivity contribution >= 4 is 23.2 Å². The summed E-state index contributed by atoms with van der Waals surface area (Å²) in [6.07, 6.45) is 4.04. The minimum Gasteiger partial charge on any atom is -0.378 e. The molecule has 0 saturated carbocycles. The van der Waals surface area contributed by atoms with E-state index in [1.54, 1.807) is 41.2 Å². The van der Waals surface area contributed by atoms with Crippen LogP contribution in [-0.4, -0.2) is 48.3 Å². The highest BCUT2D eigenvalue weighted by Crippen LogP contribution is 2.21. The molecule has 1 aromatic carbocycles. The first-order valence-corrected chi connectivity index (χ1v) is 7.84. The van der Waals surface area contributed by atoms with Crippen LogP contribution in [0.1, 0.15) is 16.8 Å². The van der Waals surface area contributed by atoms with E-state index in [9.17, 15) is 9.59 Å². The van der Waals surface area contributed by atoms with Crippen molar-refractivity contribution in [3.05, 3.63) is 42.2 Å². The molecule has 0 unspecified atom stereocenters. The second-order valence-electron chi connectivity index (χ2n) is 6.12. The molecule has 2 amide bonds. The average molecular weight is 327 g/mol. The number of nitrogens with zero attached hydrogens (tertiary/aromatic N) is 4. The maximum atomic E-state index is 12.5. The summed E-state index contributed by atoms with van der Waals surface area (Å²) in [5.41, 5.74) is 2.33. The van der Waals surface area contributed by atoms with E-state index in [1.807, 2.05) is 31.1 Å². The summed E-state index contributed by atoms with van der Waals surface area (Å²) in [5, 5.41) is 6.91. The number of aryl methyl sites for hydroxylation is 1. The lowest BCUT2D eigenvalue weighted by Gasteiger charge is -2.16. The van der Waals surface area contributed by atoms with Gasteiger partial charge in [-0.1, -0.05) is 0 Å². The first kappa shape index (κ1) is 16.0. The molecule has 1 saturated heterocycles. The molecular weight excluding hydrogens is 306 g/mol. The van der Waals surface area contributed by atoms with E-state index in [1.165, 1.54) is 0 Å². The van der Waals surface area contributed by atoms with Gasteiger partial charge in [0.2, 0.25) is 5.91 Å². The smallest absolute Gasteiger partial charge is 0.251 e. The Labute approximate surface area is 140 Å². The molecule has 1 aromatic heterocycles. The fourth-order valence-corrected chi connectivity index (χ4v) is 2.77. The molecule has 0 aliphatic carbocycles. The Morgan fingerprint density at radius 1 is 1.29 bits per heavy atom. The van der Waals surface area contributed by atoms with Gasteiger partial charge in [-0.3, -0.25) is 14.3 Å². The lowest BCUT2D eigenvalue weighted by molar-refractivity contribution is -0.118. The van der Waals surface area contributed by atoms with Gasteiger partial charge in [-0.15, -0.1) is 0 Å². The molecule has 24 heavy (non-hydrogen) atoms. The van der Waals surface area contributed by atoms with Gasteiger partial charge in [0.05, 0.1) is 11.9 Å². The van der Waals surface area contributed by atoms with Gasteiger partial charge in [0, 0.05) is 45.1 Å².